The fraction of sp³-hybridized carbons (Fsp3) is 0.444. The zero-order chi connectivity index (χ0) is 19.4. The molecule has 0 unspecified atom stereocenters. The third kappa shape index (κ3) is 4.48. The Hall–Kier alpha value is -2.81. The number of carbonyl (C=O) groups is 2. The predicted octanol–water partition coefficient (Wildman–Crippen LogP) is 0.373. The average Bonchev–Trinajstić information content (AvgIpc) is 3.11. The topological polar surface area (TPSA) is 100 Å². The van der Waals surface area contributed by atoms with Crippen LogP contribution >= 0.6 is 0 Å². The molecule has 0 saturated carbocycles. The Balaban J connectivity index is 1.56. The van der Waals surface area contributed by atoms with Crippen LogP contribution in [0.4, 0.5) is 4.39 Å². The first-order chi connectivity index (χ1) is 12.9. The van der Waals surface area contributed by atoms with Crippen molar-refractivity contribution >= 4 is 11.8 Å². The van der Waals surface area contributed by atoms with Crippen molar-refractivity contribution in [1.29, 1.82) is 0 Å². The van der Waals surface area contributed by atoms with Crippen LogP contribution in [0.3, 0.4) is 0 Å². The van der Waals surface area contributed by atoms with Gasteiger partial charge in [0.25, 0.3) is 5.91 Å². The number of aliphatic hydroxyl groups is 1. The van der Waals surface area contributed by atoms with Crippen LogP contribution in [0, 0.1) is 5.82 Å². The zero-order valence-electron chi connectivity index (χ0n) is 15.1. The number of amides is 2. The summed E-state index contributed by atoms with van der Waals surface area (Å²) in [7, 11) is 1.50. The molecule has 1 aliphatic rings. The summed E-state index contributed by atoms with van der Waals surface area (Å²) in [6, 6.07) is 6.22. The largest absolute Gasteiger partial charge is 0.388 e. The highest BCUT2D eigenvalue weighted by atomic mass is 19.1. The summed E-state index contributed by atoms with van der Waals surface area (Å²) in [5.41, 5.74) is -0.492. The van der Waals surface area contributed by atoms with Crippen molar-refractivity contribution in [3.05, 3.63) is 47.5 Å². The molecule has 2 amide bonds. The molecule has 9 heteroatoms. The van der Waals surface area contributed by atoms with Gasteiger partial charge in [0, 0.05) is 20.1 Å². The molecule has 2 aromatic rings. The van der Waals surface area contributed by atoms with Crippen LogP contribution in [-0.2, 0) is 17.8 Å². The molecule has 0 radical (unpaired) electrons. The highest BCUT2D eigenvalue weighted by molar-refractivity contribution is 5.91. The molecule has 0 aliphatic carbocycles. The van der Waals surface area contributed by atoms with E-state index in [2.05, 4.69) is 15.6 Å². The summed E-state index contributed by atoms with van der Waals surface area (Å²) >= 11 is 0. The Kier molecular flexibility index (Phi) is 5.50. The smallest absolute Gasteiger partial charge is 0.273 e. The molecule has 27 heavy (non-hydrogen) atoms. The van der Waals surface area contributed by atoms with Gasteiger partial charge in [0.15, 0.2) is 5.69 Å². The Morgan fingerprint density at radius 2 is 2.00 bits per heavy atom. The summed E-state index contributed by atoms with van der Waals surface area (Å²) in [5.74, 6) is -0.899. The van der Waals surface area contributed by atoms with E-state index < -0.39 is 11.4 Å². The highest BCUT2D eigenvalue weighted by Gasteiger charge is 2.35. The number of carbonyl (C=O) groups excluding carboxylic acids is 2. The van der Waals surface area contributed by atoms with Gasteiger partial charge in [-0.1, -0.05) is 23.4 Å². The fourth-order valence-corrected chi connectivity index (χ4v) is 3.16. The predicted molar refractivity (Wildman–Crippen MR) is 94.3 cm³/mol. The van der Waals surface area contributed by atoms with E-state index >= 15 is 0 Å². The summed E-state index contributed by atoms with van der Waals surface area (Å²) in [5, 5.41) is 20.9. The van der Waals surface area contributed by atoms with Crippen molar-refractivity contribution < 1.29 is 19.1 Å². The second-order valence-electron chi connectivity index (χ2n) is 6.75. The molecule has 1 aromatic heterocycles. The lowest BCUT2D eigenvalue weighted by atomic mass is 9.91. The molecular formula is C18H22FN5O3. The van der Waals surface area contributed by atoms with Gasteiger partial charge in [-0.3, -0.25) is 9.59 Å². The Labute approximate surface area is 156 Å². The van der Waals surface area contributed by atoms with Crippen LogP contribution in [0.15, 0.2) is 30.5 Å². The van der Waals surface area contributed by atoms with Crippen molar-refractivity contribution in [1.82, 2.24) is 25.2 Å². The van der Waals surface area contributed by atoms with E-state index in [0.717, 1.165) is 0 Å². The lowest BCUT2D eigenvalue weighted by molar-refractivity contribution is -0.135. The number of nitrogens with zero attached hydrogens (tertiary/aromatic N) is 4. The summed E-state index contributed by atoms with van der Waals surface area (Å²) in [6.45, 7) is 0.938. The van der Waals surface area contributed by atoms with Gasteiger partial charge in [0.2, 0.25) is 5.91 Å². The molecule has 0 spiro atoms. The third-order valence-electron chi connectivity index (χ3n) is 4.80. The van der Waals surface area contributed by atoms with Crippen LogP contribution in [0.1, 0.15) is 28.9 Å². The number of hydrogen-bond donors (Lipinski definition) is 2. The molecule has 2 heterocycles. The van der Waals surface area contributed by atoms with E-state index in [1.165, 1.54) is 24.0 Å². The molecule has 3 rings (SSSR count). The standard InChI is InChI=1S/C18H22FN5O3/c1-20-17(26)15-11-24(22-21-15)12-18(27)6-8-23(9-7-18)16(25)10-13-4-2-3-5-14(13)19/h2-5,11,27H,6-10,12H2,1H3,(H,20,26). The molecule has 144 valence electrons. The molecule has 1 fully saturated rings. The molecule has 1 aromatic carbocycles. The first kappa shape index (κ1) is 19.0. The number of piperidine rings is 1. The van der Waals surface area contributed by atoms with E-state index in [9.17, 15) is 19.1 Å². The Bertz CT molecular complexity index is 830. The van der Waals surface area contributed by atoms with Crippen LogP contribution in [-0.4, -0.2) is 62.6 Å². The van der Waals surface area contributed by atoms with E-state index in [1.54, 1.807) is 23.1 Å². The number of likely N-dealkylation sites (tertiary alicyclic amines) is 1. The maximum atomic E-state index is 13.7. The van der Waals surface area contributed by atoms with Crippen molar-refractivity contribution in [3.63, 3.8) is 0 Å². The second-order valence-corrected chi connectivity index (χ2v) is 6.75. The van der Waals surface area contributed by atoms with Gasteiger partial charge in [-0.15, -0.1) is 5.10 Å². The van der Waals surface area contributed by atoms with Crippen LogP contribution in [0.2, 0.25) is 0 Å². The van der Waals surface area contributed by atoms with Crippen LogP contribution in [0.5, 0.6) is 0 Å². The van der Waals surface area contributed by atoms with Gasteiger partial charge in [0.1, 0.15) is 5.82 Å². The van der Waals surface area contributed by atoms with E-state index in [4.69, 9.17) is 0 Å². The van der Waals surface area contributed by atoms with Gasteiger partial charge in [0.05, 0.1) is 24.8 Å². The van der Waals surface area contributed by atoms with Gasteiger partial charge in [-0.25, -0.2) is 9.07 Å². The van der Waals surface area contributed by atoms with Crippen molar-refractivity contribution in [2.45, 2.75) is 31.4 Å². The molecule has 2 N–H and O–H groups in total. The van der Waals surface area contributed by atoms with Crippen LogP contribution < -0.4 is 5.32 Å². The quantitative estimate of drug-likeness (QED) is 0.787. The van der Waals surface area contributed by atoms with E-state index in [-0.39, 0.29) is 30.5 Å². The van der Waals surface area contributed by atoms with Crippen LogP contribution in [0.25, 0.3) is 0 Å². The van der Waals surface area contributed by atoms with E-state index in [0.29, 0.717) is 31.5 Å². The molecule has 0 atom stereocenters. The van der Waals surface area contributed by atoms with Gasteiger partial charge in [-0.2, -0.15) is 0 Å². The highest BCUT2D eigenvalue weighted by Crippen LogP contribution is 2.24. The first-order valence-electron chi connectivity index (χ1n) is 8.76. The Morgan fingerprint density at radius 3 is 2.67 bits per heavy atom. The minimum absolute atomic E-state index is 0.00364. The summed E-state index contributed by atoms with van der Waals surface area (Å²) < 4.78 is 15.1. The van der Waals surface area contributed by atoms with Crippen molar-refractivity contribution in [2.24, 2.45) is 0 Å². The maximum absolute atomic E-state index is 13.7. The first-order valence-corrected chi connectivity index (χ1v) is 8.76. The second kappa shape index (κ2) is 7.83. The Morgan fingerprint density at radius 1 is 1.30 bits per heavy atom. The third-order valence-corrected chi connectivity index (χ3v) is 4.80. The van der Waals surface area contributed by atoms with Gasteiger partial charge >= 0.3 is 0 Å². The van der Waals surface area contributed by atoms with Gasteiger partial charge in [-0.05, 0) is 24.5 Å². The minimum atomic E-state index is -1.04. The number of benzene rings is 1. The van der Waals surface area contributed by atoms with E-state index in [1.807, 2.05) is 0 Å². The summed E-state index contributed by atoms with van der Waals surface area (Å²) in [4.78, 5) is 25.6. The van der Waals surface area contributed by atoms with Crippen molar-refractivity contribution in [3.8, 4) is 0 Å². The lowest BCUT2D eigenvalue weighted by Gasteiger charge is -2.38. The summed E-state index contributed by atoms with van der Waals surface area (Å²) in [6.07, 6.45) is 2.21. The molecule has 8 nitrogen and oxygen atoms in total. The monoisotopic (exact) mass is 375 g/mol. The van der Waals surface area contributed by atoms with Gasteiger partial charge < -0.3 is 15.3 Å². The molecule has 1 aliphatic heterocycles. The maximum Gasteiger partial charge on any atom is 0.273 e. The minimum Gasteiger partial charge on any atom is -0.388 e. The number of halogens is 1. The normalized spacial score (nSPS) is 16.2. The van der Waals surface area contributed by atoms with Crippen molar-refractivity contribution in [2.75, 3.05) is 20.1 Å². The average molecular weight is 375 g/mol. The SMILES string of the molecule is CNC(=O)c1cn(CC2(O)CCN(C(=O)Cc3ccccc3F)CC2)nn1. The zero-order valence-corrected chi connectivity index (χ0v) is 15.1. The molecular weight excluding hydrogens is 353 g/mol. The number of hydrogen-bond acceptors (Lipinski definition) is 5. The number of aromatic nitrogens is 3. The molecule has 1 saturated heterocycles. The lowest BCUT2D eigenvalue weighted by Crippen LogP contribution is -2.49. The molecule has 0 bridgehead atoms. The fourth-order valence-electron chi connectivity index (χ4n) is 3.16. The number of nitrogens with one attached hydrogen (secondary N) is 1. The number of rotatable bonds is 5.